The van der Waals surface area contributed by atoms with Gasteiger partial charge in [-0.2, -0.15) is 0 Å². The van der Waals surface area contributed by atoms with E-state index in [4.69, 9.17) is 4.74 Å². The number of nitrogens with zero attached hydrogens (tertiary/aromatic N) is 3. The third-order valence-electron chi connectivity index (χ3n) is 3.61. The summed E-state index contributed by atoms with van der Waals surface area (Å²) in [6.45, 7) is 2.34. The van der Waals surface area contributed by atoms with Crippen molar-refractivity contribution in [1.82, 2.24) is 9.88 Å². The third kappa shape index (κ3) is 3.28. The molecule has 0 aromatic carbocycles. The highest BCUT2D eigenvalue weighted by Crippen LogP contribution is 2.29. The molecule has 2 heterocycles. The van der Waals surface area contributed by atoms with E-state index in [0.717, 1.165) is 31.1 Å². The highest BCUT2D eigenvalue weighted by Gasteiger charge is 2.25. The number of hydrogen-bond donors (Lipinski definition) is 1. The lowest BCUT2D eigenvalue weighted by Gasteiger charge is -2.35. The first kappa shape index (κ1) is 15.2. The van der Waals surface area contributed by atoms with E-state index in [1.807, 2.05) is 7.05 Å². The van der Waals surface area contributed by atoms with Gasteiger partial charge in [0.1, 0.15) is 4.88 Å². The average Bonchev–Trinajstić information content (AvgIpc) is 2.82. The number of thiazole rings is 1. The molecule has 1 unspecified atom stereocenters. The Kier molecular flexibility index (Phi) is 4.95. The van der Waals surface area contributed by atoms with Gasteiger partial charge in [-0.15, -0.1) is 0 Å². The van der Waals surface area contributed by atoms with Crippen molar-refractivity contribution in [2.45, 2.75) is 25.5 Å². The van der Waals surface area contributed by atoms with Gasteiger partial charge in [0.25, 0.3) is 0 Å². The van der Waals surface area contributed by atoms with Crippen molar-refractivity contribution in [2.75, 3.05) is 39.2 Å². The van der Waals surface area contributed by atoms with Crippen LogP contribution in [-0.4, -0.2) is 61.3 Å². The van der Waals surface area contributed by atoms with E-state index < -0.39 is 5.97 Å². The number of likely N-dealkylation sites (N-methyl/N-ethyl adjacent to an activating group) is 2. The average molecular weight is 299 g/mol. The van der Waals surface area contributed by atoms with Crippen molar-refractivity contribution >= 4 is 22.4 Å². The molecule has 112 valence electrons. The minimum atomic E-state index is -0.935. The molecule has 0 amide bonds. The number of carbonyl (C=O) groups is 1. The van der Waals surface area contributed by atoms with Crippen LogP contribution >= 0.6 is 11.3 Å². The number of methoxy groups -OCH3 is 1. The molecule has 0 radical (unpaired) electrons. The Morgan fingerprint density at radius 2 is 2.40 bits per heavy atom. The van der Waals surface area contributed by atoms with E-state index in [1.54, 1.807) is 7.11 Å². The fraction of sp³-hybridized carbons (Fsp3) is 0.692. The fourth-order valence-corrected chi connectivity index (χ4v) is 3.44. The Hall–Kier alpha value is -1.18. The van der Waals surface area contributed by atoms with Crippen LogP contribution in [0.4, 0.5) is 5.13 Å². The predicted molar refractivity (Wildman–Crippen MR) is 78.7 cm³/mol. The van der Waals surface area contributed by atoms with Gasteiger partial charge in [-0.1, -0.05) is 11.3 Å². The maximum absolute atomic E-state index is 11.2. The summed E-state index contributed by atoms with van der Waals surface area (Å²) in [6.07, 6.45) is 2.27. The number of rotatable bonds is 5. The highest BCUT2D eigenvalue weighted by atomic mass is 32.1. The molecule has 20 heavy (non-hydrogen) atoms. The van der Waals surface area contributed by atoms with Crippen LogP contribution in [0.3, 0.4) is 0 Å². The molecule has 0 bridgehead atoms. The van der Waals surface area contributed by atoms with E-state index in [9.17, 15) is 9.90 Å². The molecule has 7 heteroatoms. The molecule has 6 nitrogen and oxygen atoms in total. The zero-order valence-electron chi connectivity index (χ0n) is 12.1. The molecular formula is C13H21N3O3S. The van der Waals surface area contributed by atoms with Crippen LogP contribution in [0.25, 0.3) is 0 Å². The van der Waals surface area contributed by atoms with E-state index in [2.05, 4.69) is 21.8 Å². The van der Waals surface area contributed by atoms with Crippen LogP contribution in [-0.2, 0) is 11.3 Å². The zero-order valence-corrected chi connectivity index (χ0v) is 12.9. The van der Waals surface area contributed by atoms with E-state index in [-0.39, 0.29) is 11.5 Å². The van der Waals surface area contributed by atoms with Gasteiger partial charge < -0.3 is 19.6 Å². The second kappa shape index (κ2) is 6.51. The summed E-state index contributed by atoms with van der Waals surface area (Å²) >= 11 is 1.23. The van der Waals surface area contributed by atoms with Gasteiger partial charge in [0, 0.05) is 26.7 Å². The first-order chi connectivity index (χ1) is 9.52. The summed E-state index contributed by atoms with van der Waals surface area (Å²) in [5, 5.41) is 9.99. The van der Waals surface area contributed by atoms with Crippen molar-refractivity contribution in [3.8, 4) is 0 Å². The Bertz CT molecular complexity index is 477. The van der Waals surface area contributed by atoms with Crippen LogP contribution in [0.15, 0.2) is 0 Å². The van der Waals surface area contributed by atoms with E-state index in [1.165, 1.54) is 11.3 Å². The summed E-state index contributed by atoms with van der Waals surface area (Å²) < 4.78 is 5.03. The molecule has 1 aromatic rings. The lowest BCUT2D eigenvalue weighted by atomic mass is 10.1. The summed E-state index contributed by atoms with van der Waals surface area (Å²) in [7, 11) is 5.65. The van der Waals surface area contributed by atoms with Gasteiger partial charge in [-0.25, -0.2) is 9.78 Å². The molecule has 1 aromatic heterocycles. The summed E-state index contributed by atoms with van der Waals surface area (Å²) in [6, 6.07) is 0.386. The minimum Gasteiger partial charge on any atom is -0.477 e. The maximum atomic E-state index is 11.2. The fourth-order valence-electron chi connectivity index (χ4n) is 2.50. The monoisotopic (exact) mass is 299 g/mol. The third-order valence-corrected chi connectivity index (χ3v) is 4.79. The Morgan fingerprint density at radius 3 is 3.00 bits per heavy atom. The van der Waals surface area contributed by atoms with Crippen LogP contribution in [0, 0.1) is 0 Å². The summed E-state index contributed by atoms with van der Waals surface area (Å²) in [5.41, 5.74) is 0.510. The summed E-state index contributed by atoms with van der Waals surface area (Å²) in [4.78, 5) is 20.4. The number of likely N-dealkylation sites (tertiary alicyclic amines) is 1. The minimum absolute atomic E-state index is 0.233. The molecule has 1 saturated heterocycles. The smallest absolute Gasteiger partial charge is 0.347 e. The number of aromatic carboxylic acids is 1. The molecule has 2 rings (SSSR count). The Balaban J connectivity index is 2.18. The van der Waals surface area contributed by atoms with Gasteiger partial charge in [0.2, 0.25) is 0 Å². The van der Waals surface area contributed by atoms with Gasteiger partial charge >= 0.3 is 5.97 Å². The number of hydrogen-bond acceptors (Lipinski definition) is 6. The molecule has 0 saturated carbocycles. The lowest BCUT2D eigenvalue weighted by molar-refractivity contribution is 0.0697. The van der Waals surface area contributed by atoms with Gasteiger partial charge in [0.15, 0.2) is 5.13 Å². The van der Waals surface area contributed by atoms with Gasteiger partial charge in [-0.3, -0.25) is 0 Å². The van der Waals surface area contributed by atoms with Crippen molar-refractivity contribution in [1.29, 1.82) is 0 Å². The second-order valence-corrected chi connectivity index (χ2v) is 6.16. The predicted octanol–water partition coefficient (Wildman–Crippen LogP) is 1.52. The molecular weight excluding hydrogens is 278 g/mol. The zero-order chi connectivity index (χ0) is 14.7. The van der Waals surface area contributed by atoms with E-state index >= 15 is 0 Å². The van der Waals surface area contributed by atoms with Crippen LogP contribution in [0.1, 0.15) is 28.2 Å². The molecule has 1 aliphatic rings. The maximum Gasteiger partial charge on any atom is 0.347 e. The number of carboxylic acid groups (broad SMARTS) is 1. The Morgan fingerprint density at radius 1 is 1.65 bits per heavy atom. The molecule has 1 N–H and O–H groups in total. The van der Waals surface area contributed by atoms with Crippen LogP contribution < -0.4 is 4.90 Å². The normalized spacial score (nSPS) is 20.1. The Labute approximate surface area is 123 Å². The molecule has 1 fully saturated rings. The number of piperidine rings is 1. The number of aromatic nitrogens is 1. The van der Waals surface area contributed by atoms with Crippen molar-refractivity contribution < 1.29 is 14.6 Å². The largest absolute Gasteiger partial charge is 0.477 e. The molecule has 1 atom stereocenters. The number of anilines is 1. The lowest BCUT2D eigenvalue weighted by Crippen LogP contribution is -2.45. The summed E-state index contributed by atoms with van der Waals surface area (Å²) in [5.74, 6) is -0.935. The van der Waals surface area contributed by atoms with Gasteiger partial charge in [-0.05, 0) is 26.4 Å². The van der Waals surface area contributed by atoms with Crippen LogP contribution in [0.2, 0.25) is 0 Å². The molecule has 0 aliphatic carbocycles. The molecule has 1 aliphatic heterocycles. The second-order valence-electron chi connectivity index (χ2n) is 5.18. The van der Waals surface area contributed by atoms with Gasteiger partial charge in [0.05, 0.1) is 12.3 Å². The quantitative estimate of drug-likeness (QED) is 0.889. The molecule has 0 spiro atoms. The first-order valence-corrected chi connectivity index (χ1v) is 7.48. The number of ether oxygens (including phenoxy) is 1. The first-order valence-electron chi connectivity index (χ1n) is 6.66. The van der Waals surface area contributed by atoms with Crippen molar-refractivity contribution in [2.24, 2.45) is 0 Å². The highest BCUT2D eigenvalue weighted by molar-refractivity contribution is 7.17. The van der Waals surface area contributed by atoms with E-state index in [0.29, 0.717) is 11.7 Å². The topological polar surface area (TPSA) is 65.9 Å². The number of carboxylic acids is 1. The van der Waals surface area contributed by atoms with Crippen molar-refractivity contribution in [3.63, 3.8) is 0 Å². The van der Waals surface area contributed by atoms with Crippen LogP contribution in [0.5, 0.6) is 0 Å². The standard InChI is InChI=1S/C13H21N3O3S/c1-15-6-4-5-9(7-15)16(2)13-14-10(8-19-3)11(20-13)12(17)18/h9H,4-8H2,1-3H3,(H,17,18). The SMILES string of the molecule is COCc1nc(N(C)C2CCCN(C)C2)sc1C(=O)O. The van der Waals surface area contributed by atoms with Crippen molar-refractivity contribution in [3.05, 3.63) is 10.6 Å².